The van der Waals surface area contributed by atoms with Crippen LogP contribution in [-0.2, 0) is 13.1 Å². The van der Waals surface area contributed by atoms with Crippen molar-refractivity contribution in [1.29, 1.82) is 0 Å². The Morgan fingerprint density at radius 3 is 2.89 bits per heavy atom. The lowest BCUT2D eigenvalue weighted by atomic mass is 10.1. The van der Waals surface area contributed by atoms with Gasteiger partial charge in [-0.15, -0.1) is 0 Å². The molecule has 146 valence electrons. The number of rotatable bonds is 8. The number of hydrogen-bond donors (Lipinski definition) is 4. The Morgan fingerprint density at radius 2 is 2.18 bits per heavy atom. The molecule has 0 aliphatic heterocycles. The number of anilines is 3. The monoisotopic (exact) mass is 401 g/mol. The molecule has 1 aromatic carbocycles. The molecule has 28 heavy (non-hydrogen) atoms. The largest absolute Gasteiger partial charge is 0.394 e. The summed E-state index contributed by atoms with van der Waals surface area (Å²) in [4.78, 5) is 20.2. The normalized spacial score (nSPS) is 10.7. The number of hydrogen-bond acceptors (Lipinski definition) is 7. The number of aliphatic hydroxyl groups excluding tert-OH is 1. The minimum Gasteiger partial charge on any atom is -0.394 e. The third-order valence-electron chi connectivity index (χ3n) is 4.06. The second-order valence-corrected chi connectivity index (χ2v) is 6.46. The highest BCUT2D eigenvalue weighted by atomic mass is 35.5. The zero-order valence-corrected chi connectivity index (χ0v) is 15.9. The molecule has 0 fully saturated rings. The fourth-order valence-corrected chi connectivity index (χ4v) is 2.89. The standard InChI is InChI=1S/C18H20ClN7O2/c1-11-3-2-4-15(19)13(11)8-21-17-14(16(20)28)9-22-18(25-17)24-12-7-23-26(10-12)5-6-27/h2-4,7,9-10,27H,5-6,8H2,1H3,(H2,20,28)(H2,21,22,24,25). The highest BCUT2D eigenvalue weighted by Gasteiger charge is 2.14. The smallest absolute Gasteiger partial charge is 0.254 e. The lowest BCUT2D eigenvalue weighted by Crippen LogP contribution is -2.17. The SMILES string of the molecule is Cc1cccc(Cl)c1CNc1nc(Nc2cnn(CCO)c2)ncc1C(N)=O. The third-order valence-corrected chi connectivity index (χ3v) is 4.41. The number of amides is 1. The van der Waals surface area contributed by atoms with Gasteiger partial charge >= 0.3 is 0 Å². The summed E-state index contributed by atoms with van der Waals surface area (Å²) < 4.78 is 1.58. The maximum Gasteiger partial charge on any atom is 0.254 e. The lowest BCUT2D eigenvalue weighted by molar-refractivity contribution is 0.100. The van der Waals surface area contributed by atoms with Crippen molar-refractivity contribution in [2.45, 2.75) is 20.0 Å². The van der Waals surface area contributed by atoms with Crippen LogP contribution in [0.15, 0.2) is 36.8 Å². The van der Waals surface area contributed by atoms with Crippen LogP contribution in [0, 0.1) is 6.92 Å². The van der Waals surface area contributed by atoms with E-state index in [4.69, 9.17) is 22.4 Å². The van der Waals surface area contributed by atoms with Crippen molar-refractivity contribution in [2.75, 3.05) is 17.2 Å². The molecule has 0 aliphatic rings. The Hall–Kier alpha value is -3.17. The predicted molar refractivity (Wildman–Crippen MR) is 107 cm³/mol. The van der Waals surface area contributed by atoms with Gasteiger partial charge in [0.05, 0.1) is 30.6 Å². The third kappa shape index (κ3) is 4.56. The molecule has 5 N–H and O–H groups in total. The maximum absolute atomic E-state index is 11.7. The summed E-state index contributed by atoms with van der Waals surface area (Å²) in [5.41, 5.74) is 8.18. The molecule has 0 saturated heterocycles. The Morgan fingerprint density at radius 1 is 1.36 bits per heavy atom. The van der Waals surface area contributed by atoms with Crippen molar-refractivity contribution < 1.29 is 9.90 Å². The van der Waals surface area contributed by atoms with E-state index in [9.17, 15) is 4.79 Å². The number of benzene rings is 1. The van der Waals surface area contributed by atoms with Gasteiger partial charge in [0.15, 0.2) is 0 Å². The van der Waals surface area contributed by atoms with E-state index in [0.717, 1.165) is 11.1 Å². The number of nitrogens with two attached hydrogens (primary N) is 1. The van der Waals surface area contributed by atoms with Gasteiger partial charge in [-0.25, -0.2) is 4.98 Å². The summed E-state index contributed by atoms with van der Waals surface area (Å²) in [7, 11) is 0. The van der Waals surface area contributed by atoms with E-state index in [1.807, 2.05) is 19.1 Å². The van der Waals surface area contributed by atoms with Crippen molar-refractivity contribution >= 4 is 35.0 Å². The van der Waals surface area contributed by atoms with Crippen LogP contribution in [0.5, 0.6) is 0 Å². The van der Waals surface area contributed by atoms with E-state index in [1.54, 1.807) is 23.1 Å². The van der Waals surface area contributed by atoms with Gasteiger partial charge < -0.3 is 21.5 Å². The van der Waals surface area contributed by atoms with Crippen LogP contribution in [0.3, 0.4) is 0 Å². The first-order valence-corrected chi connectivity index (χ1v) is 8.90. The van der Waals surface area contributed by atoms with E-state index in [-0.39, 0.29) is 18.1 Å². The zero-order valence-electron chi connectivity index (χ0n) is 15.2. The summed E-state index contributed by atoms with van der Waals surface area (Å²) in [5.74, 6) is -0.0697. The average Bonchev–Trinajstić information content (AvgIpc) is 3.08. The van der Waals surface area contributed by atoms with E-state index in [0.29, 0.717) is 29.6 Å². The van der Waals surface area contributed by atoms with Gasteiger partial charge in [-0.05, 0) is 24.1 Å². The van der Waals surface area contributed by atoms with Gasteiger partial charge in [0.25, 0.3) is 5.91 Å². The molecule has 0 spiro atoms. The zero-order chi connectivity index (χ0) is 20.1. The van der Waals surface area contributed by atoms with E-state index < -0.39 is 5.91 Å². The van der Waals surface area contributed by atoms with Crippen molar-refractivity contribution in [3.63, 3.8) is 0 Å². The van der Waals surface area contributed by atoms with Crippen LogP contribution in [0.1, 0.15) is 21.5 Å². The summed E-state index contributed by atoms with van der Waals surface area (Å²) >= 11 is 6.26. The van der Waals surface area contributed by atoms with Crippen molar-refractivity contribution in [2.24, 2.45) is 5.73 Å². The molecule has 0 atom stereocenters. The molecule has 2 aromatic heterocycles. The molecule has 3 rings (SSSR count). The topological polar surface area (TPSA) is 131 Å². The first-order chi connectivity index (χ1) is 13.5. The molecule has 3 aromatic rings. The van der Waals surface area contributed by atoms with Crippen LogP contribution in [0.25, 0.3) is 0 Å². The first kappa shape index (κ1) is 19.6. The van der Waals surface area contributed by atoms with Crippen molar-refractivity contribution in [3.8, 4) is 0 Å². The highest BCUT2D eigenvalue weighted by Crippen LogP contribution is 2.22. The average molecular weight is 402 g/mol. The molecular formula is C18H20ClN7O2. The quantitative estimate of drug-likeness (QED) is 0.454. The molecule has 0 radical (unpaired) electrons. The molecular weight excluding hydrogens is 382 g/mol. The summed E-state index contributed by atoms with van der Waals surface area (Å²) in [6.07, 6.45) is 4.65. The van der Waals surface area contributed by atoms with Crippen LogP contribution >= 0.6 is 11.6 Å². The Kier molecular flexibility index (Phi) is 6.07. The molecule has 0 saturated carbocycles. The Balaban J connectivity index is 1.82. The van der Waals surface area contributed by atoms with Gasteiger partial charge in [-0.1, -0.05) is 23.7 Å². The number of nitrogens with zero attached hydrogens (tertiary/aromatic N) is 4. The van der Waals surface area contributed by atoms with Gasteiger partial charge in [-0.2, -0.15) is 10.1 Å². The van der Waals surface area contributed by atoms with E-state index in [2.05, 4.69) is 25.7 Å². The molecule has 0 unspecified atom stereocenters. The van der Waals surface area contributed by atoms with Gasteiger partial charge in [-0.3, -0.25) is 9.48 Å². The van der Waals surface area contributed by atoms with Crippen LogP contribution in [0.4, 0.5) is 17.5 Å². The minimum absolute atomic E-state index is 0.0134. The fourth-order valence-electron chi connectivity index (χ4n) is 2.60. The number of halogens is 1. The van der Waals surface area contributed by atoms with Crippen LogP contribution in [-0.4, -0.2) is 37.4 Å². The highest BCUT2D eigenvalue weighted by molar-refractivity contribution is 6.31. The number of aryl methyl sites for hydroxylation is 1. The molecule has 0 bridgehead atoms. The van der Waals surface area contributed by atoms with Crippen molar-refractivity contribution in [1.82, 2.24) is 19.7 Å². The number of carbonyl (C=O) groups excluding carboxylic acids is 1. The molecule has 2 heterocycles. The van der Waals surface area contributed by atoms with Gasteiger partial charge in [0.1, 0.15) is 5.82 Å². The van der Waals surface area contributed by atoms with E-state index >= 15 is 0 Å². The van der Waals surface area contributed by atoms with Crippen LogP contribution < -0.4 is 16.4 Å². The number of primary amides is 1. The fraction of sp³-hybridized carbons (Fsp3) is 0.222. The molecule has 9 nitrogen and oxygen atoms in total. The summed E-state index contributed by atoms with van der Waals surface area (Å²) in [6.45, 7) is 2.69. The predicted octanol–water partition coefficient (Wildman–Crippen LogP) is 2.08. The first-order valence-electron chi connectivity index (χ1n) is 8.53. The lowest BCUT2D eigenvalue weighted by Gasteiger charge is -2.13. The number of aromatic nitrogens is 4. The van der Waals surface area contributed by atoms with Crippen molar-refractivity contribution in [3.05, 3.63) is 58.5 Å². The molecule has 1 amide bonds. The van der Waals surface area contributed by atoms with Gasteiger partial charge in [0, 0.05) is 24.0 Å². The Bertz CT molecular complexity index is 970. The van der Waals surface area contributed by atoms with Crippen LogP contribution in [0.2, 0.25) is 5.02 Å². The molecule has 10 heteroatoms. The second-order valence-electron chi connectivity index (χ2n) is 6.05. The second kappa shape index (κ2) is 8.68. The summed E-state index contributed by atoms with van der Waals surface area (Å²) in [5, 5.41) is 19.8. The number of aliphatic hydroxyl groups is 1. The van der Waals surface area contributed by atoms with Gasteiger partial charge in [0.2, 0.25) is 5.95 Å². The summed E-state index contributed by atoms with van der Waals surface area (Å²) in [6, 6.07) is 5.63. The number of carbonyl (C=O) groups is 1. The van der Waals surface area contributed by atoms with E-state index in [1.165, 1.54) is 6.20 Å². The Labute approximate surface area is 166 Å². The minimum atomic E-state index is -0.638. The number of nitrogens with one attached hydrogen (secondary N) is 2. The molecule has 0 aliphatic carbocycles. The maximum atomic E-state index is 11.7.